The molecule has 1 aliphatic rings. The van der Waals surface area contributed by atoms with Gasteiger partial charge in [0.25, 0.3) is 0 Å². The SMILES string of the molecule is CN(CC(=O)O)CC1CN(CCCOc2ccc3ccccc3c2)CCO1. The third-order valence-electron chi connectivity index (χ3n) is 4.75. The Labute approximate surface area is 160 Å². The topological polar surface area (TPSA) is 62.2 Å². The van der Waals surface area contributed by atoms with Crippen LogP contribution in [0.4, 0.5) is 0 Å². The summed E-state index contributed by atoms with van der Waals surface area (Å²) in [5.74, 6) is 0.0971. The van der Waals surface area contributed by atoms with E-state index in [1.165, 1.54) is 10.8 Å². The van der Waals surface area contributed by atoms with Crippen LogP contribution in [0.2, 0.25) is 0 Å². The molecular formula is C21H28N2O4. The van der Waals surface area contributed by atoms with Gasteiger partial charge in [0.2, 0.25) is 0 Å². The van der Waals surface area contributed by atoms with Crippen LogP contribution in [-0.2, 0) is 9.53 Å². The highest BCUT2D eigenvalue weighted by molar-refractivity contribution is 5.83. The first kappa shape index (κ1) is 19.6. The van der Waals surface area contributed by atoms with E-state index in [9.17, 15) is 4.79 Å². The molecule has 1 N–H and O–H groups in total. The zero-order valence-corrected chi connectivity index (χ0v) is 15.8. The van der Waals surface area contributed by atoms with Crippen molar-refractivity contribution in [1.82, 2.24) is 9.80 Å². The second kappa shape index (κ2) is 9.69. The molecule has 3 rings (SSSR count). The maximum atomic E-state index is 10.8. The molecule has 0 aliphatic carbocycles. The summed E-state index contributed by atoms with van der Waals surface area (Å²) in [6.45, 7) is 4.75. The number of nitrogens with zero attached hydrogens (tertiary/aromatic N) is 2. The summed E-state index contributed by atoms with van der Waals surface area (Å²) in [5, 5.41) is 11.3. The van der Waals surface area contributed by atoms with Gasteiger partial charge in [-0.3, -0.25) is 14.6 Å². The number of morpholine rings is 1. The average molecular weight is 372 g/mol. The lowest BCUT2D eigenvalue weighted by Crippen LogP contribution is -2.47. The lowest BCUT2D eigenvalue weighted by molar-refractivity contribution is -0.138. The number of likely N-dealkylation sites (N-methyl/N-ethyl adjacent to an activating group) is 1. The third-order valence-corrected chi connectivity index (χ3v) is 4.75. The Bertz CT molecular complexity index is 752. The van der Waals surface area contributed by atoms with E-state index in [1.807, 2.05) is 25.2 Å². The first-order valence-corrected chi connectivity index (χ1v) is 9.46. The second-order valence-electron chi connectivity index (χ2n) is 7.09. The molecule has 0 amide bonds. The van der Waals surface area contributed by atoms with E-state index in [0.29, 0.717) is 19.8 Å². The van der Waals surface area contributed by atoms with Gasteiger partial charge in [-0.2, -0.15) is 0 Å². The Kier molecular flexibility index (Phi) is 7.04. The number of carboxylic acids is 1. The smallest absolute Gasteiger partial charge is 0.317 e. The molecule has 1 heterocycles. The number of hydrogen-bond donors (Lipinski definition) is 1. The van der Waals surface area contributed by atoms with E-state index >= 15 is 0 Å². The van der Waals surface area contributed by atoms with Crippen LogP contribution in [-0.4, -0.2) is 80.0 Å². The Morgan fingerprint density at radius 1 is 1.30 bits per heavy atom. The van der Waals surface area contributed by atoms with E-state index in [4.69, 9.17) is 14.6 Å². The van der Waals surface area contributed by atoms with Crippen molar-refractivity contribution in [3.8, 4) is 5.75 Å². The summed E-state index contributed by atoms with van der Waals surface area (Å²) < 4.78 is 11.7. The van der Waals surface area contributed by atoms with Gasteiger partial charge in [0, 0.05) is 26.2 Å². The van der Waals surface area contributed by atoms with Gasteiger partial charge in [0.1, 0.15) is 5.75 Å². The minimum atomic E-state index is -0.809. The van der Waals surface area contributed by atoms with Crippen molar-refractivity contribution in [3.05, 3.63) is 42.5 Å². The molecular weight excluding hydrogens is 344 g/mol. The Balaban J connectivity index is 1.38. The molecule has 1 saturated heterocycles. The molecule has 0 bridgehead atoms. The average Bonchev–Trinajstić information content (AvgIpc) is 2.65. The predicted octanol–water partition coefficient (Wildman–Crippen LogP) is 2.33. The number of carboxylic acid groups (broad SMARTS) is 1. The van der Waals surface area contributed by atoms with E-state index in [2.05, 4.69) is 29.2 Å². The highest BCUT2D eigenvalue weighted by atomic mass is 16.5. The van der Waals surface area contributed by atoms with Crippen LogP contribution in [0.15, 0.2) is 42.5 Å². The molecule has 27 heavy (non-hydrogen) atoms. The van der Waals surface area contributed by atoms with Crippen molar-refractivity contribution in [2.45, 2.75) is 12.5 Å². The fourth-order valence-electron chi connectivity index (χ4n) is 3.47. The van der Waals surface area contributed by atoms with Gasteiger partial charge in [-0.1, -0.05) is 30.3 Å². The summed E-state index contributed by atoms with van der Waals surface area (Å²) in [6.07, 6.45) is 1.01. The van der Waals surface area contributed by atoms with E-state index in [-0.39, 0.29) is 12.6 Å². The van der Waals surface area contributed by atoms with Crippen LogP contribution in [0.3, 0.4) is 0 Å². The van der Waals surface area contributed by atoms with Crippen molar-refractivity contribution in [1.29, 1.82) is 0 Å². The fraction of sp³-hybridized carbons (Fsp3) is 0.476. The first-order valence-electron chi connectivity index (χ1n) is 9.46. The minimum absolute atomic E-state index is 0.0411. The minimum Gasteiger partial charge on any atom is -0.494 e. The molecule has 0 saturated carbocycles. The summed E-state index contributed by atoms with van der Waals surface area (Å²) in [7, 11) is 1.81. The molecule has 1 aliphatic heterocycles. The first-order chi connectivity index (χ1) is 13.1. The molecule has 0 radical (unpaired) electrons. The van der Waals surface area contributed by atoms with Gasteiger partial charge in [0.15, 0.2) is 0 Å². The summed E-state index contributed by atoms with van der Waals surface area (Å²) in [4.78, 5) is 14.9. The standard InChI is InChI=1S/C21H28N2O4/c1-22(16-21(24)25)14-20-15-23(10-12-27-20)9-4-11-26-19-8-7-17-5-2-3-6-18(17)13-19/h2-3,5-8,13,20H,4,9-12,14-16H2,1H3,(H,24,25). The Morgan fingerprint density at radius 2 is 2.11 bits per heavy atom. The van der Waals surface area contributed by atoms with Gasteiger partial charge in [-0.15, -0.1) is 0 Å². The van der Waals surface area contributed by atoms with Crippen molar-refractivity contribution in [3.63, 3.8) is 0 Å². The van der Waals surface area contributed by atoms with Crippen LogP contribution in [0.5, 0.6) is 5.75 Å². The lowest BCUT2D eigenvalue weighted by Gasteiger charge is -2.34. The van der Waals surface area contributed by atoms with Crippen molar-refractivity contribution < 1.29 is 19.4 Å². The number of hydrogen-bond acceptors (Lipinski definition) is 5. The number of fused-ring (bicyclic) bond motifs is 1. The zero-order chi connectivity index (χ0) is 19.1. The third kappa shape index (κ3) is 6.20. The van der Waals surface area contributed by atoms with Crippen LogP contribution in [0.25, 0.3) is 10.8 Å². The number of benzene rings is 2. The maximum Gasteiger partial charge on any atom is 0.317 e. The second-order valence-corrected chi connectivity index (χ2v) is 7.09. The van der Waals surface area contributed by atoms with E-state index in [1.54, 1.807) is 4.90 Å². The molecule has 1 unspecified atom stereocenters. The van der Waals surface area contributed by atoms with Crippen LogP contribution < -0.4 is 4.74 Å². The number of aliphatic carboxylic acids is 1. The summed E-state index contributed by atoms with van der Waals surface area (Å²) >= 11 is 0. The van der Waals surface area contributed by atoms with Gasteiger partial charge in [-0.25, -0.2) is 0 Å². The molecule has 2 aromatic carbocycles. The fourth-order valence-corrected chi connectivity index (χ4v) is 3.47. The maximum absolute atomic E-state index is 10.8. The molecule has 2 aromatic rings. The normalized spacial score (nSPS) is 18.1. The molecule has 0 aromatic heterocycles. The largest absolute Gasteiger partial charge is 0.494 e. The molecule has 6 nitrogen and oxygen atoms in total. The van der Waals surface area contributed by atoms with Gasteiger partial charge in [-0.05, 0) is 36.4 Å². The lowest BCUT2D eigenvalue weighted by atomic mass is 10.1. The summed E-state index contributed by atoms with van der Waals surface area (Å²) in [5.41, 5.74) is 0. The van der Waals surface area contributed by atoms with Crippen molar-refractivity contribution >= 4 is 16.7 Å². The van der Waals surface area contributed by atoms with Gasteiger partial charge >= 0.3 is 5.97 Å². The number of rotatable bonds is 9. The molecule has 6 heteroatoms. The van der Waals surface area contributed by atoms with Crippen molar-refractivity contribution in [2.24, 2.45) is 0 Å². The molecule has 0 spiro atoms. The highest BCUT2D eigenvalue weighted by Crippen LogP contribution is 2.20. The van der Waals surface area contributed by atoms with Crippen molar-refractivity contribution in [2.75, 3.05) is 53.0 Å². The highest BCUT2D eigenvalue weighted by Gasteiger charge is 2.22. The summed E-state index contributed by atoms with van der Waals surface area (Å²) in [6, 6.07) is 14.5. The van der Waals surface area contributed by atoms with E-state index < -0.39 is 5.97 Å². The zero-order valence-electron chi connectivity index (χ0n) is 15.8. The van der Waals surface area contributed by atoms with Crippen LogP contribution in [0.1, 0.15) is 6.42 Å². The molecule has 1 fully saturated rings. The monoisotopic (exact) mass is 372 g/mol. The number of ether oxygens (including phenoxy) is 2. The predicted molar refractivity (Wildman–Crippen MR) is 105 cm³/mol. The Morgan fingerprint density at radius 3 is 2.93 bits per heavy atom. The molecule has 1 atom stereocenters. The number of carbonyl (C=O) groups is 1. The van der Waals surface area contributed by atoms with Crippen LogP contribution in [0, 0.1) is 0 Å². The van der Waals surface area contributed by atoms with Gasteiger partial charge < -0.3 is 14.6 Å². The van der Waals surface area contributed by atoms with Gasteiger partial charge in [0.05, 0.1) is 25.9 Å². The molecule has 146 valence electrons. The van der Waals surface area contributed by atoms with Crippen LogP contribution >= 0.6 is 0 Å². The quantitative estimate of drug-likeness (QED) is 0.682. The Hall–Kier alpha value is -2.15. The van der Waals surface area contributed by atoms with E-state index in [0.717, 1.165) is 31.8 Å².